The number of aryl methyl sites for hydroxylation is 1. The Hall–Kier alpha value is -2.77. The minimum absolute atomic E-state index is 0.437. The van der Waals surface area contributed by atoms with Gasteiger partial charge in [-0.3, -0.25) is 4.98 Å². The highest BCUT2D eigenvalue weighted by atomic mass is 16.5. The van der Waals surface area contributed by atoms with E-state index >= 15 is 0 Å². The predicted molar refractivity (Wildman–Crippen MR) is 72.5 cm³/mol. The number of H-pyrrole nitrogens is 1. The molecule has 0 unspecified atom stereocenters. The third-order valence-corrected chi connectivity index (χ3v) is 2.82. The van der Waals surface area contributed by atoms with E-state index in [0.717, 1.165) is 5.69 Å². The van der Waals surface area contributed by atoms with Crippen molar-refractivity contribution < 1.29 is 8.94 Å². The van der Waals surface area contributed by atoms with Crippen LogP contribution in [0, 0.1) is 6.92 Å². The highest BCUT2D eigenvalue weighted by Gasteiger charge is 2.07. The van der Waals surface area contributed by atoms with Crippen LogP contribution in [0.25, 0.3) is 11.1 Å². The number of nitrogens with zero attached hydrogens (tertiary/aromatic N) is 2. The zero-order valence-electron chi connectivity index (χ0n) is 10.8. The maximum Gasteiger partial charge on any atom is 0.417 e. The van der Waals surface area contributed by atoms with Gasteiger partial charge in [0.25, 0.3) is 0 Å². The maximum absolute atomic E-state index is 11.1. The number of aromatic amines is 1. The second-order valence-corrected chi connectivity index (χ2v) is 4.36. The summed E-state index contributed by atoms with van der Waals surface area (Å²) < 4.78 is 9.81. The van der Waals surface area contributed by atoms with Gasteiger partial charge < -0.3 is 20.0 Å². The molecule has 1 aromatic carbocycles. The largest absolute Gasteiger partial charge is 0.417 e. The number of nitrogen functional groups attached to an aromatic ring is 1. The van der Waals surface area contributed by atoms with Gasteiger partial charge in [-0.2, -0.15) is 4.98 Å². The SMILES string of the molecule is Cc1nc(CCNc2cc3[nH]c(=O)oc3cc2N)no1. The number of hydrogen-bond acceptors (Lipinski definition) is 7. The normalized spacial score (nSPS) is 11.1. The molecule has 8 nitrogen and oxygen atoms in total. The third kappa shape index (κ3) is 2.35. The molecule has 0 fully saturated rings. The zero-order valence-corrected chi connectivity index (χ0v) is 10.8. The van der Waals surface area contributed by atoms with Crippen LogP contribution >= 0.6 is 0 Å². The highest BCUT2D eigenvalue weighted by molar-refractivity contribution is 5.85. The number of benzene rings is 1. The summed E-state index contributed by atoms with van der Waals surface area (Å²) in [6.07, 6.45) is 0.608. The van der Waals surface area contributed by atoms with Gasteiger partial charge in [0.1, 0.15) is 0 Å². The molecule has 2 aromatic heterocycles. The lowest BCUT2D eigenvalue weighted by Crippen LogP contribution is -2.07. The van der Waals surface area contributed by atoms with Gasteiger partial charge in [0.05, 0.1) is 16.9 Å². The molecule has 0 radical (unpaired) electrons. The van der Waals surface area contributed by atoms with E-state index in [2.05, 4.69) is 20.4 Å². The first-order valence-corrected chi connectivity index (χ1v) is 6.07. The Morgan fingerprint density at radius 2 is 2.30 bits per heavy atom. The van der Waals surface area contributed by atoms with Crippen LogP contribution in [0.15, 0.2) is 25.9 Å². The lowest BCUT2D eigenvalue weighted by Gasteiger charge is -2.07. The molecule has 0 saturated carbocycles. The van der Waals surface area contributed by atoms with E-state index in [1.807, 2.05) is 0 Å². The smallest absolute Gasteiger partial charge is 0.408 e. The molecule has 0 amide bonds. The summed E-state index contributed by atoms with van der Waals surface area (Å²) in [6, 6.07) is 3.34. The van der Waals surface area contributed by atoms with Crippen LogP contribution in [0.5, 0.6) is 0 Å². The van der Waals surface area contributed by atoms with Gasteiger partial charge in [-0.05, 0) is 6.07 Å². The maximum atomic E-state index is 11.1. The molecular weight excluding hydrogens is 262 g/mol. The zero-order chi connectivity index (χ0) is 14.1. The number of anilines is 2. The van der Waals surface area contributed by atoms with E-state index in [1.54, 1.807) is 19.1 Å². The molecule has 20 heavy (non-hydrogen) atoms. The van der Waals surface area contributed by atoms with Gasteiger partial charge in [-0.15, -0.1) is 0 Å². The quantitative estimate of drug-likeness (QED) is 0.608. The average molecular weight is 275 g/mol. The van der Waals surface area contributed by atoms with Crippen molar-refractivity contribution in [1.29, 1.82) is 0 Å². The summed E-state index contributed by atoms with van der Waals surface area (Å²) in [5.74, 6) is 0.669. The van der Waals surface area contributed by atoms with Crippen LogP contribution in [0.1, 0.15) is 11.7 Å². The number of rotatable bonds is 4. The molecule has 0 spiro atoms. The van der Waals surface area contributed by atoms with Crippen LogP contribution in [0.3, 0.4) is 0 Å². The number of oxazole rings is 1. The van der Waals surface area contributed by atoms with E-state index in [1.165, 1.54) is 0 Å². The first-order valence-electron chi connectivity index (χ1n) is 6.07. The average Bonchev–Trinajstić information content (AvgIpc) is 2.95. The fourth-order valence-corrected chi connectivity index (χ4v) is 1.92. The van der Waals surface area contributed by atoms with Gasteiger partial charge >= 0.3 is 5.76 Å². The molecule has 104 valence electrons. The number of hydrogen-bond donors (Lipinski definition) is 3. The molecule has 0 atom stereocenters. The fraction of sp³-hybridized carbons (Fsp3) is 0.250. The molecule has 0 saturated heterocycles. The van der Waals surface area contributed by atoms with Crippen molar-refractivity contribution in [3.63, 3.8) is 0 Å². The predicted octanol–water partition coefficient (Wildman–Crippen LogP) is 1.05. The van der Waals surface area contributed by atoms with Crippen LogP contribution in [-0.2, 0) is 6.42 Å². The standard InChI is InChI=1S/C12H13N5O3/c1-6-15-11(17-20-6)2-3-14-8-5-9-10(4-7(8)13)19-12(18)16-9/h4-5,14H,2-3,13H2,1H3,(H,16,18). The van der Waals surface area contributed by atoms with Gasteiger partial charge in [0, 0.05) is 26.0 Å². The lowest BCUT2D eigenvalue weighted by molar-refractivity contribution is 0.387. The third-order valence-electron chi connectivity index (χ3n) is 2.82. The van der Waals surface area contributed by atoms with Crippen LogP contribution < -0.4 is 16.8 Å². The lowest BCUT2D eigenvalue weighted by atomic mass is 10.2. The molecule has 0 aliphatic carbocycles. The molecular formula is C12H13N5O3. The molecule has 3 aromatic rings. The Morgan fingerprint density at radius 1 is 1.45 bits per heavy atom. The second kappa shape index (κ2) is 4.72. The van der Waals surface area contributed by atoms with E-state index in [4.69, 9.17) is 14.7 Å². The van der Waals surface area contributed by atoms with E-state index in [-0.39, 0.29) is 0 Å². The summed E-state index contributed by atoms with van der Waals surface area (Å²) in [7, 11) is 0. The Bertz CT molecular complexity index is 801. The highest BCUT2D eigenvalue weighted by Crippen LogP contribution is 2.24. The summed E-state index contributed by atoms with van der Waals surface area (Å²) in [6.45, 7) is 2.34. The van der Waals surface area contributed by atoms with Crippen molar-refractivity contribution in [2.24, 2.45) is 0 Å². The van der Waals surface area contributed by atoms with Crippen LogP contribution in [0.2, 0.25) is 0 Å². The first-order chi connectivity index (χ1) is 9.61. The van der Waals surface area contributed by atoms with Gasteiger partial charge in [-0.25, -0.2) is 4.79 Å². The van der Waals surface area contributed by atoms with E-state index in [9.17, 15) is 4.79 Å². The summed E-state index contributed by atoms with van der Waals surface area (Å²) in [5.41, 5.74) is 8.15. The molecule has 4 N–H and O–H groups in total. The van der Waals surface area contributed by atoms with Crippen molar-refractivity contribution in [3.05, 3.63) is 34.4 Å². The van der Waals surface area contributed by atoms with Crippen molar-refractivity contribution in [3.8, 4) is 0 Å². The molecule has 0 bridgehead atoms. The first kappa shape index (κ1) is 12.3. The minimum Gasteiger partial charge on any atom is -0.408 e. The monoisotopic (exact) mass is 275 g/mol. The molecule has 2 heterocycles. The van der Waals surface area contributed by atoms with Gasteiger partial charge in [0.2, 0.25) is 5.89 Å². The van der Waals surface area contributed by atoms with Gasteiger partial charge in [-0.1, -0.05) is 5.16 Å². The number of fused-ring (bicyclic) bond motifs is 1. The summed E-state index contributed by atoms with van der Waals surface area (Å²) in [4.78, 5) is 17.8. The van der Waals surface area contributed by atoms with Crippen molar-refractivity contribution in [2.45, 2.75) is 13.3 Å². The molecule has 0 aliphatic heterocycles. The Kier molecular flexibility index (Phi) is 2.90. The van der Waals surface area contributed by atoms with Crippen LogP contribution in [-0.4, -0.2) is 21.7 Å². The Labute approximate surface area is 113 Å². The van der Waals surface area contributed by atoms with E-state index < -0.39 is 5.76 Å². The fourth-order valence-electron chi connectivity index (χ4n) is 1.92. The number of nitrogens with one attached hydrogen (secondary N) is 2. The Morgan fingerprint density at radius 3 is 3.05 bits per heavy atom. The van der Waals surface area contributed by atoms with Crippen molar-refractivity contribution in [1.82, 2.24) is 15.1 Å². The number of nitrogens with two attached hydrogens (primary N) is 1. The van der Waals surface area contributed by atoms with Crippen molar-refractivity contribution >= 4 is 22.5 Å². The van der Waals surface area contributed by atoms with E-state index in [0.29, 0.717) is 41.5 Å². The molecule has 3 rings (SSSR count). The van der Waals surface area contributed by atoms with Gasteiger partial charge in [0.15, 0.2) is 11.4 Å². The van der Waals surface area contributed by atoms with Crippen LogP contribution in [0.4, 0.5) is 11.4 Å². The topological polar surface area (TPSA) is 123 Å². The Balaban J connectivity index is 1.73. The van der Waals surface area contributed by atoms with Crippen molar-refractivity contribution in [2.75, 3.05) is 17.6 Å². The number of aromatic nitrogens is 3. The molecule has 0 aliphatic rings. The second-order valence-electron chi connectivity index (χ2n) is 4.36. The minimum atomic E-state index is -0.501. The summed E-state index contributed by atoms with van der Waals surface area (Å²) >= 11 is 0. The molecule has 8 heteroatoms. The summed E-state index contributed by atoms with van der Waals surface area (Å²) in [5, 5.41) is 6.96.